The van der Waals surface area contributed by atoms with E-state index in [0.29, 0.717) is 29.7 Å². The van der Waals surface area contributed by atoms with Crippen LogP contribution in [0, 0.1) is 0 Å². The molecule has 2 fully saturated rings. The first-order valence-corrected chi connectivity index (χ1v) is 10.8. The van der Waals surface area contributed by atoms with Crippen molar-refractivity contribution in [2.75, 3.05) is 39.2 Å². The van der Waals surface area contributed by atoms with Crippen LogP contribution in [0.3, 0.4) is 0 Å². The first-order valence-electron chi connectivity index (χ1n) is 10.8. The number of aromatic nitrogens is 1. The van der Waals surface area contributed by atoms with Crippen molar-refractivity contribution >= 4 is 23.9 Å². The summed E-state index contributed by atoms with van der Waals surface area (Å²) in [6, 6.07) is 10.2. The number of benzene rings is 1. The van der Waals surface area contributed by atoms with E-state index in [4.69, 9.17) is 14.5 Å². The Morgan fingerprint density at radius 3 is 2.74 bits per heavy atom. The fourth-order valence-electron chi connectivity index (χ4n) is 4.25. The lowest BCUT2D eigenvalue weighted by molar-refractivity contribution is -0.121. The summed E-state index contributed by atoms with van der Waals surface area (Å²) >= 11 is 0. The molecule has 0 amide bonds. The van der Waals surface area contributed by atoms with E-state index < -0.39 is 0 Å². The van der Waals surface area contributed by atoms with Crippen molar-refractivity contribution in [1.29, 1.82) is 0 Å². The van der Waals surface area contributed by atoms with Gasteiger partial charge in [0.15, 0.2) is 0 Å². The Morgan fingerprint density at radius 2 is 2.10 bits per heavy atom. The van der Waals surface area contributed by atoms with E-state index in [1.54, 1.807) is 13.3 Å². The van der Waals surface area contributed by atoms with Crippen molar-refractivity contribution < 1.29 is 14.3 Å². The number of hydrogen-bond donors (Lipinski definition) is 0. The van der Waals surface area contributed by atoms with Crippen molar-refractivity contribution in [3.8, 4) is 5.75 Å². The lowest BCUT2D eigenvalue weighted by Gasteiger charge is -2.26. The van der Waals surface area contributed by atoms with E-state index in [-0.39, 0.29) is 5.90 Å². The normalized spacial score (nSPS) is 19.4. The van der Waals surface area contributed by atoms with Crippen molar-refractivity contribution in [3.63, 3.8) is 0 Å². The predicted molar refractivity (Wildman–Crippen MR) is 121 cm³/mol. The fraction of sp³-hybridized carbons (Fsp3) is 0.458. The van der Waals surface area contributed by atoms with Crippen molar-refractivity contribution in [2.24, 2.45) is 4.99 Å². The molecule has 7 heteroatoms. The van der Waals surface area contributed by atoms with Gasteiger partial charge < -0.3 is 19.3 Å². The predicted octanol–water partition coefficient (Wildman–Crippen LogP) is 3.75. The molecule has 0 unspecified atom stereocenters. The summed E-state index contributed by atoms with van der Waals surface area (Å²) in [5, 5.41) is 0. The zero-order valence-electron chi connectivity index (χ0n) is 18.5. The SMILES string of the molecule is COc1cc(N=C(OC=O)c2cccnc2N2CC[C@@H](N(C)C)C2)cc(C2CCC2)c1. The van der Waals surface area contributed by atoms with E-state index in [2.05, 4.69) is 41.0 Å². The second kappa shape index (κ2) is 9.47. The highest BCUT2D eigenvalue weighted by molar-refractivity contribution is 6.02. The molecule has 2 aliphatic rings. The number of carbonyl (C=O) groups excluding carboxylic acids is 1. The third-order valence-electron chi connectivity index (χ3n) is 6.33. The van der Waals surface area contributed by atoms with E-state index >= 15 is 0 Å². The van der Waals surface area contributed by atoms with E-state index in [9.17, 15) is 4.79 Å². The number of likely N-dealkylation sites (N-methyl/N-ethyl adjacent to an activating group) is 1. The molecule has 1 aliphatic heterocycles. The van der Waals surface area contributed by atoms with Crippen LogP contribution < -0.4 is 9.64 Å². The standard InChI is InChI=1S/C24H30N4O3/c1-27(2)20-9-11-28(15-20)23-22(8-5-10-25-23)24(31-16-29)26-19-12-18(17-6-4-7-17)13-21(14-19)30-3/h5,8,10,12-14,16-17,20H,4,6-7,9,11,15H2,1-3H3/t20-/m1/s1. The highest BCUT2D eigenvalue weighted by Crippen LogP contribution is 2.39. The smallest absolute Gasteiger partial charge is 0.299 e. The zero-order chi connectivity index (χ0) is 21.8. The number of rotatable bonds is 7. The molecule has 1 saturated carbocycles. The molecule has 2 aromatic rings. The molecule has 1 saturated heterocycles. The van der Waals surface area contributed by atoms with Gasteiger partial charge in [-0.25, -0.2) is 9.98 Å². The summed E-state index contributed by atoms with van der Waals surface area (Å²) in [6.07, 6.45) is 6.44. The zero-order valence-corrected chi connectivity index (χ0v) is 18.5. The molecule has 0 N–H and O–H groups in total. The number of nitrogens with zero attached hydrogens (tertiary/aromatic N) is 4. The third-order valence-corrected chi connectivity index (χ3v) is 6.33. The molecule has 1 aromatic carbocycles. The summed E-state index contributed by atoms with van der Waals surface area (Å²) < 4.78 is 10.9. The Labute approximate surface area is 183 Å². The van der Waals surface area contributed by atoms with Crippen LogP contribution in [0.5, 0.6) is 5.75 Å². The molecule has 164 valence electrons. The van der Waals surface area contributed by atoms with Crippen LogP contribution in [-0.2, 0) is 9.53 Å². The second-order valence-electron chi connectivity index (χ2n) is 8.45. The highest BCUT2D eigenvalue weighted by atomic mass is 16.5. The average Bonchev–Trinajstić information content (AvgIpc) is 3.22. The minimum atomic E-state index is 0.249. The highest BCUT2D eigenvalue weighted by Gasteiger charge is 2.28. The van der Waals surface area contributed by atoms with Crippen LogP contribution in [0.25, 0.3) is 0 Å². The van der Waals surface area contributed by atoms with Gasteiger partial charge in [-0.1, -0.05) is 6.42 Å². The van der Waals surface area contributed by atoms with Crippen LogP contribution >= 0.6 is 0 Å². The Morgan fingerprint density at radius 1 is 1.26 bits per heavy atom. The Hall–Kier alpha value is -2.93. The molecule has 1 atom stereocenters. The average molecular weight is 423 g/mol. The molecule has 1 aliphatic carbocycles. The van der Waals surface area contributed by atoms with E-state index in [1.165, 1.54) is 24.8 Å². The van der Waals surface area contributed by atoms with E-state index in [0.717, 1.165) is 31.1 Å². The van der Waals surface area contributed by atoms with Gasteiger partial charge >= 0.3 is 0 Å². The molecule has 0 spiro atoms. The largest absolute Gasteiger partial charge is 0.497 e. The van der Waals surface area contributed by atoms with Gasteiger partial charge in [-0.05, 0) is 69.1 Å². The molecule has 31 heavy (non-hydrogen) atoms. The van der Waals surface area contributed by atoms with Gasteiger partial charge in [-0.3, -0.25) is 4.79 Å². The number of anilines is 1. The van der Waals surface area contributed by atoms with Crippen LogP contribution in [0.15, 0.2) is 41.5 Å². The van der Waals surface area contributed by atoms with Gasteiger partial charge in [-0.2, -0.15) is 0 Å². The van der Waals surface area contributed by atoms with Crippen molar-refractivity contribution in [2.45, 2.75) is 37.6 Å². The lowest BCUT2D eigenvalue weighted by Crippen LogP contribution is -2.32. The number of carbonyl (C=O) groups is 1. The maximum Gasteiger partial charge on any atom is 0.299 e. The topological polar surface area (TPSA) is 67.3 Å². The summed E-state index contributed by atoms with van der Waals surface area (Å²) in [4.78, 5) is 25.1. The molecule has 4 rings (SSSR count). The maximum absolute atomic E-state index is 11.3. The summed E-state index contributed by atoms with van der Waals surface area (Å²) in [5.41, 5.74) is 2.64. The first kappa shape index (κ1) is 21.3. The Kier molecular flexibility index (Phi) is 6.51. The van der Waals surface area contributed by atoms with Crippen LogP contribution in [0.4, 0.5) is 11.5 Å². The lowest BCUT2D eigenvalue weighted by atomic mass is 9.80. The van der Waals surface area contributed by atoms with Gasteiger partial charge in [0.25, 0.3) is 6.47 Å². The number of pyridine rings is 1. The van der Waals surface area contributed by atoms with Gasteiger partial charge in [0.1, 0.15) is 11.6 Å². The van der Waals surface area contributed by atoms with Crippen LogP contribution in [0.1, 0.15) is 42.7 Å². The number of methoxy groups -OCH3 is 1. The fourth-order valence-corrected chi connectivity index (χ4v) is 4.25. The molecule has 0 radical (unpaired) electrons. The van der Waals surface area contributed by atoms with Crippen LogP contribution in [0.2, 0.25) is 0 Å². The van der Waals surface area contributed by atoms with Crippen molar-refractivity contribution in [1.82, 2.24) is 9.88 Å². The third kappa shape index (κ3) is 4.71. The number of hydrogen-bond acceptors (Lipinski definition) is 7. The Bertz CT molecular complexity index is 956. The number of ether oxygens (including phenoxy) is 2. The summed E-state index contributed by atoms with van der Waals surface area (Å²) in [6.45, 7) is 2.19. The first-order chi connectivity index (χ1) is 15.1. The molecule has 2 heterocycles. The quantitative estimate of drug-likeness (QED) is 0.385. The van der Waals surface area contributed by atoms with Gasteiger partial charge in [0.05, 0.1) is 18.4 Å². The van der Waals surface area contributed by atoms with Crippen LogP contribution in [-0.4, -0.2) is 62.6 Å². The maximum atomic E-state index is 11.3. The molecular formula is C24H30N4O3. The van der Waals surface area contributed by atoms with Gasteiger partial charge in [-0.15, -0.1) is 0 Å². The minimum absolute atomic E-state index is 0.249. The second-order valence-corrected chi connectivity index (χ2v) is 8.45. The number of aliphatic imine (C=N–C) groups is 1. The van der Waals surface area contributed by atoms with E-state index in [1.807, 2.05) is 18.2 Å². The summed E-state index contributed by atoms with van der Waals surface area (Å²) in [7, 11) is 5.85. The monoisotopic (exact) mass is 422 g/mol. The summed E-state index contributed by atoms with van der Waals surface area (Å²) in [5.74, 6) is 2.34. The van der Waals surface area contributed by atoms with Gasteiger partial charge in [0, 0.05) is 31.4 Å². The van der Waals surface area contributed by atoms with Gasteiger partial charge in [0.2, 0.25) is 5.90 Å². The minimum Gasteiger partial charge on any atom is -0.497 e. The molecular weight excluding hydrogens is 392 g/mol. The van der Waals surface area contributed by atoms with Crippen molar-refractivity contribution in [3.05, 3.63) is 47.7 Å². The molecule has 7 nitrogen and oxygen atoms in total. The molecule has 1 aromatic heterocycles. The molecule has 0 bridgehead atoms. The Balaban J connectivity index is 1.70.